The molecule has 0 spiro atoms. The van der Waals surface area contributed by atoms with Crippen LogP contribution in [0.5, 0.6) is 0 Å². The topological polar surface area (TPSA) is 217 Å². The van der Waals surface area contributed by atoms with Gasteiger partial charge in [-0.15, -0.1) is 0 Å². The van der Waals surface area contributed by atoms with Crippen LogP contribution in [0.25, 0.3) is 0 Å². The highest BCUT2D eigenvalue weighted by Crippen LogP contribution is 1.87. The van der Waals surface area contributed by atoms with Gasteiger partial charge in [-0.25, -0.2) is 0 Å². The summed E-state index contributed by atoms with van der Waals surface area (Å²) in [6.07, 6.45) is 0. The van der Waals surface area contributed by atoms with E-state index in [0.29, 0.717) is 0 Å². The van der Waals surface area contributed by atoms with E-state index >= 15 is 0 Å². The first-order valence-electron chi connectivity index (χ1n) is 4.22. The molecule has 0 aromatic carbocycles. The summed E-state index contributed by atoms with van der Waals surface area (Å²) >= 11 is 0. The van der Waals surface area contributed by atoms with E-state index in [1.165, 1.54) is 0 Å². The molecule has 0 heterocycles. The maximum Gasteiger partial charge on any atom is 0.265 e. The van der Waals surface area contributed by atoms with Crippen molar-refractivity contribution in [3.63, 3.8) is 0 Å². The second-order valence-electron chi connectivity index (χ2n) is 3.14. The molecule has 0 fully saturated rings. The lowest BCUT2D eigenvalue weighted by molar-refractivity contribution is 0.472. The average Bonchev–Trinajstić information content (AvgIpc) is 2.09. The lowest BCUT2D eigenvalue weighted by Crippen LogP contribution is -2.15. The predicted molar refractivity (Wildman–Crippen MR) is 65.7 cm³/mol. The molecule has 0 atom stereocenters. The van der Waals surface area contributed by atoms with Gasteiger partial charge in [0.05, 0.1) is 23.0 Å². The maximum absolute atomic E-state index is 9.86. The Balaban J connectivity index is 0. The molecular formula is C4H12O12S4. The van der Waals surface area contributed by atoms with Gasteiger partial charge in [0.1, 0.15) is 0 Å². The van der Waals surface area contributed by atoms with Crippen LogP contribution in [0.3, 0.4) is 0 Å². The number of rotatable bonds is 6. The first kappa shape index (κ1) is 21.9. The summed E-state index contributed by atoms with van der Waals surface area (Å²) in [5.41, 5.74) is 0. The lowest BCUT2D eigenvalue weighted by atomic mass is 11.0. The van der Waals surface area contributed by atoms with Gasteiger partial charge in [-0.05, 0) is 0 Å². The van der Waals surface area contributed by atoms with Crippen molar-refractivity contribution < 1.29 is 51.9 Å². The molecule has 0 radical (unpaired) electrons. The molecule has 0 bridgehead atoms. The predicted octanol–water partition coefficient (Wildman–Crippen LogP) is -2.48. The second-order valence-corrected chi connectivity index (χ2v) is 9.43. The van der Waals surface area contributed by atoms with Crippen LogP contribution in [0.15, 0.2) is 0 Å². The summed E-state index contributed by atoms with van der Waals surface area (Å²) in [6.45, 7) is 0. The fourth-order valence-electron chi connectivity index (χ4n) is 0.421. The van der Waals surface area contributed by atoms with E-state index in [1.54, 1.807) is 0 Å². The fraction of sp³-hybridized carbons (Fsp3) is 1.00. The first-order valence-corrected chi connectivity index (χ1v) is 10.7. The minimum Gasteiger partial charge on any atom is -0.286 e. The average molecular weight is 380 g/mol. The van der Waals surface area contributed by atoms with Crippen LogP contribution in [-0.4, -0.2) is 74.9 Å². The SMILES string of the molecule is O=S(=O)(O)CCS(=O)(=O)O.O=S(=O)(O)CCS(=O)(=O)O. The highest BCUT2D eigenvalue weighted by atomic mass is 32.2. The van der Waals surface area contributed by atoms with Crippen molar-refractivity contribution >= 4 is 40.5 Å². The van der Waals surface area contributed by atoms with Gasteiger partial charge < -0.3 is 0 Å². The molecule has 16 heteroatoms. The van der Waals surface area contributed by atoms with Gasteiger partial charge in [-0.3, -0.25) is 18.2 Å². The van der Waals surface area contributed by atoms with Crippen LogP contribution in [0.4, 0.5) is 0 Å². The Hall–Kier alpha value is -0.360. The fourth-order valence-corrected chi connectivity index (χ4v) is 3.79. The molecule has 0 aliphatic carbocycles. The third-order valence-corrected chi connectivity index (χ3v) is 4.60. The van der Waals surface area contributed by atoms with E-state index in [0.717, 1.165) is 0 Å². The Kier molecular flexibility index (Phi) is 8.32. The summed E-state index contributed by atoms with van der Waals surface area (Å²) in [4.78, 5) is 0. The van der Waals surface area contributed by atoms with Crippen LogP contribution in [0, 0.1) is 0 Å². The summed E-state index contributed by atoms with van der Waals surface area (Å²) < 4.78 is 111. The largest absolute Gasteiger partial charge is 0.286 e. The zero-order chi connectivity index (χ0) is 16.8. The first-order chi connectivity index (χ1) is 8.41. The highest BCUT2D eigenvalue weighted by molar-refractivity contribution is 7.90. The number of hydrogen-bond donors (Lipinski definition) is 4. The third-order valence-electron chi connectivity index (χ3n) is 1.20. The maximum atomic E-state index is 9.86. The monoisotopic (exact) mass is 380 g/mol. The molecule has 0 amide bonds. The molecule has 124 valence electrons. The zero-order valence-electron chi connectivity index (χ0n) is 9.52. The molecule has 12 nitrogen and oxygen atoms in total. The molecule has 0 aromatic heterocycles. The van der Waals surface area contributed by atoms with E-state index in [1.807, 2.05) is 0 Å². The van der Waals surface area contributed by atoms with E-state index in [-0.39, 0.29) is 0 Å². The van der Waals surface area contributed by atoms with Crippen LogP contribution in [0.1, 0.15) is 0 Å². The van der Waals surface area contributed by atoms with Crippen LogP contribution in [0.2, 0.25) is 0 Å². The normalized spacial score (nSPS) is 13.4. The van der Waals surface area contributed by atoms with E-state index in [9.17, 15) is 33.7 Å². The molecule has 0 rings (SSSR count). The Bertz CT molecular complexity index is 563. The lowest BCUT2D eigenvalue weighted by Gasteiger charge is -1.92. The van der Waals surface area contributed by atoms with Crippen molar-refractivity contribution in [2.24, 2.45) is 0 Å². The van der Waals surface area contributed by atoms with Crippen molar-refractivity contribution in [3.8, 4) is 0 Å². The molecule has 0 unspecified atom stereocenters. The Morgan fingerprint density at radius 2 is 0.500 bits per heavy atom. The van der Waals surface area contributed by atoms with Gasteiger partial charge in [-0.2, -0.15) is 33.7 Å². The summed E-state index contributed by atoms with van der Waals surface area (Å²) in [5, 5.41) is 0. The van der Waals surface area contributed by atoms with E-state index < -0.39 is 63.5 Å². The van der Waals surface area contributed by atoms with Crippen LogP contribution in [-0.2, 0) is 40.5 Å². The van der Waals surface area contributed by atoms with Crippen molar-refractivity contribution in [1.29, 1.82) is 0 Å². The Labute approximate surface area is 115 Å². The molecule has 0 aliphatic heterocycles. The van der Waals surface area contributed by atoms with Crippen molar-refractivity contribution in [2.75, 3.05) is 23.0 Å². The molecule has 20 heavy (non-hydrogen) atoms. The van der Waals surface area contributed by atoms with Gasteiger partial charge in [0.15, 0.2) is 0 Å². The number of hydrogen-bond acceptors (Lipinski definition) is 8. The van der Waals surface area contributed by atoms with Crippen molar-refractivity contribution in [1.82, 2.24) is 0 Å². The van der Waals surface area contributed by atoms with Gasteiger partial charge >= 0.3 is 0 Å². The van der Waals surface area contributed by atoms with Crippen LogP contribution >= 0.6 is 0 Å². The van der Waals surface area contributed by atoms with Crippen molar-refractivity contribution in [3.05, 3.63) is 0 Å². The van der Waals surface area contributed by atoms with Gasteiger partial charge in [0.2, 0.25) is 0 Å². The molecule has 0 saturated carbocycles. The summed E-state index contributed by atoms with van der Waals surface area (Å²) in [5.74, 6) is -3.92. The van der Waals surface area contributed by atoms with Gasteiger partial charge in [0, 0.05) is 0 Å². The molecule has 0 aliphatic rings. The van der Waals surface area contributed by atoms with Crippen LogP contribution < -0.4 is 0 Å². The van der Waals surface area contributed by atoms with E-state index in [2.05, 4.69) is 0 Å². The molecule has 0 aromatic rings. The molecular weight excluding hydrogens is 368 g/mol. The standard InChI is InChI=1S/2C2H6O6S2/c2*3-9(4,5)1-2-10(6,7)8/h2*1-2H2,(H,3,4,5)(H,6,7,8). The summed E-state index contributed by atoms with van der Waals surface area (Å²) in [7, 11) is -17.2. The second kappa shape index (κ2) is 7.59. The Morgan fingerprint density at radius 1 is 0.400 bits per heavy atom. The molecule has 0 saturated heterocycles. The van der Waals surface area contributed by atoms with Gasteiger partial charge in [0.25, 0.3) is 40.5 Å². The van der Waals surface area contributed by atoms with Gasteiger partial charge in [-0.1, -0.05) is 0 Å². The molecule has 4 N–H and O–H groups in total. The minimum absolute atomic E-state index is 0.980. The quantitative estimate of drug-likeness (QED) is 0.352. The Morgan fingerprint density at radius 3 is 0.550 bits per heavy atom. The highest BCUT2D eigenvalue weighted by Gasteiger charge is 2.12. The summed E-state index contributed by atoms with van der Waals surface area (Å²) in [6, 6.07) is 0. The zero-order valence-corrected chi connectivity index (χ0v) is 12.8. The minimum atomic E-state index is -4.30. The van der Waals surface area contributed by atoms with E-state index in [4.69, 9.17) is 18.2 Å². The van der Waals surface area contributed by atoms with Crippen molar-refractivity contribution in [2.45, 2.75) is 0 Å². The smallest absolute Gasteiger partial charge is 0.265 e. The third kappa shape index (κ3) is 26.3.